The fourth-order valence-electron chi connectivity index (χ4n) is 3.34. The van der Waals surface area contributed by atoms with Gasteiger partial charge in [0.15, 0.2) is 0 Å². The average Bonchev–Trinajstić information content (AvgIpc) is 2.62. The summed E-state index contributed by atoms with van der Waals surface area (Å²) in [6.45, 7) is 4.16. The van der Waals surface area contributed by atoms with Gasteiger partial charge in [0, 0.05) is 11.8 Å². The van der Waals surface area contributed by atoms with Crippen LogP contribution in [0.1, 0.15) is 62.6 Å². The highest BCUT2D eigenvalue weighted by atomic mass is 16.4. The van der Waals surface area contributed by atoms with Gasteiger partial charge in [0.25, 0.3) is 0 Å². The third kappa shape index (κ3) is 4.78. The molecule has 4 nitrogen and oxygen atoms in total. The number of aliphatic carboxylic acids is 1. The number of phenols is 2. The van der Waals surface area contributed by atoms with Crippen molar-refractivity contribution in [3.05, 3.63) is 59.2 Å². The van der Waals surface area contributed by atoms with E-state index in [1.807, 2.05) is 31.2 Å². The summed E-state index contributed by atoms with van der Waals surface area (Å²) in [5.74, 6) is -0.367. The molecule has 0 aromatic heterocycles. The van der Waals surface area contributed by atoms with Gasteiger partial charge in [-0.1, -0.05) is 51.0 Å². The first-order valence-electron chi connectivity index (χ1n) is 9.20. The minimum atomic E-state index is -0.836. The van der Waals surface area contributed by atoms with Crippen molar-refractivity contribution in [1.29, 1.82) is 0 Å². The molecule has 3 N–H and O–H groups in total. The van der Waals surface area contributed by atoms with E-state index in [1.165, 1.54) is 0 Å². The Kier molecular flexibility index (Phi) is 6.67. The Hall–Kier alpha value is -2.49. The predicted octanol–water partition coefficient (Wildman–Crippen LogP) is 5.00. The maximum Gasteiger partial charge on any atom is 0.303 e. The molecule has 4 heteroatoms. The van der Waals surface area contributed by atoms with Crippen LogP contribution in [0.25, 0.3) is 0 Å². The lowest BCUT2D eigenvalue weighted by Gasteiger charge is -2.31. The van der Waals surface area contributed by atoms with Gasteiger partial charge in [0.1, 0.15) is 11.5 Å². The summed E-state index contributed by atoms with van der Waals surface area (Å²) in [6, 6.07) is 12.5. The standard InChI is InChI=1S/C22H28O4/c1-3-4-5-6-16-15-18(9-12-20(16)24)22(2,14-13-21(25)26)17-7-10-19(23)11-8-17/h7-12,15,23-24H,3-6,13-14H2,1-2H3,(H,25,26). The van der Waals surface area contributed by atoms with Gasteiger partial charge in [-0.3, -0.25) is 4.79 Å². The van der Waals surface area contributed by atoms with Crippen LogP contribution in [0.2, 0.25) is 0 Å². The van der Waals surface area contributed by atoms with Crippen LogP contribution < -0.4 is 0 Å². The average molecular weight is 356 g/mol. The zero-order chi connectivity index (χ0) is 19.2. The van der Waals surface area contributed by atoms with Crippen LogP contribution in [-0.4, -0.2) is 21.3 Å². The van der Waals surface area contributed by atoms with Crippen molar-refractivity contribution in [2.24, 2.45) is 0 Å². The lowest BCUT2D eigenvalue weighted by Crippen LogP contribution is -2.25. The van der Waals surface area contributed by atoms with Crippen LogP contribution in [-0.2, 0) is 16.6 Å². The fourth-order valence-corrected chi connectivity index (χ4v) is 3.34. The molecule has 140 valence electrons. The maximum absolute atomic E-state index is 11.2. The maximum atomic E-state index is 11.2. The number of benzene rings is 2. The Bertz CT molecular complexity index is 736. The topological polar surface area (TPSA) is 77.8 Å². The van der Waals surface area contributed by atoms with E-state index >= 15 is 0 Å². The van der Waals surface area contributed by atoms with Gasteiger partial charge in [-0.05, 0) is 54.2 Å². The van der Waals surface area contributed by atoms with E-state index in [-0.39, 0.29) is 17.9 Å². The SMILES string of the molecule is CCCCCc1cc(C(C)(CCC(=O)O)c2ccc(O)cc2)ccc1O. The molecule has 0 radical (unpaired) electrons. The van der Waals surface area contributed by atoms with Gasteiger partial charge in [0.05, 0.1) is 0 Å². The molecule has 26 heavy (non-hydrogen) atoms. The fraction of sp³-hybridized carbons (Fsp3) is 0.409. The Morgan fingerprint density at radius 3 is 2.27 bits per heavy atom. The van der Waals surface area contributed by atoms with Gasteiger partial charge in [-0.2, -0.15) is 0 Å². The van der Waals surface area contributed by atoms with Gasteiger partial charge in [-0.25, -0.2) is 0 Å². The third-order valence-corrected chi connectivity index (χ3v) is 5.11. The zero-order valence-electron chi connectivity index (χ0n) is 15.5. The van der Waals surface area contributed by atoms with E-state index in [0.29, 0.717) is 6.42 Å². The van der Waals surface area contributed by atoms with Gasteiger partial charge in [0.2, 0.25) is 0 Å². The first kappa shape index (κ1) is 19.8. The Morgan fingerprint density at radius 2 is 1.65 bits per heavy atom. The van der Waals surface area contributed by atoms with E-state index in [9.17, 15) is 20.1 Å². The van der Waals surface area contributed by atoms with Gasteiger partial charge < -0.3 is 15.3 Å². The van der Waals surface area contributed by atoms with Crippen molar-refractivity contribution in [1.82, 2.24) is 0 Å². The lowest BCUT2D eigenvalue weighted by molar-refractivity contribution is -0.137. The largest absolute Gasteiger partial charge is 0.508 e. The van der Waals surface area contributed by atoms with E-state index in [1.54, 1.807) is 18.2 Å². The summed E-state index contributed by atoms with van der Waals surface area (Å²) >= 11 is 0. The Morgan fingerprint density at radius 1 is 1.00 bits per heavy atom. The molecule has 2 aromatic rings. The Labute approximate surface area is 155 Å². The summed E-state index contributed by atoms with van der Waals surface area (Å²) in [7, 11) is 0. The number of carboxylic acid groups (broad SMARTS) is 1. The molecular weight excluding hydrogens is 328 g/mol. The molecule has 2 rings (SSSR count). The molecule has 0 fully saturated rings. The minimum Gasteiger partial charge on any atom is -0.508 e. The van der Waals surface area contributed by atoms with Crippen LogP contribution in [0.15, 0.2) is 42.5 Å². The van der Waals surface area contributed by atoms with Crippen LogP contribution in [0.3, 0.4) is 0 Å². The van der Waals surface area contributed by atoms with Gasteiger partial charge >= 0.3 is 5.97 Å². The molecule has 0 aliphatic rings. The molecular formula is C22H28O4. The summed E-state index contributed by atoms with van der Waals surface area (Å²) in [4.78, 5) is 11.2. The normalized spacial score (nSPS) is 13.3. The highest BCUT2D eigenvalue weighted by Gasteiger charge is 2.30. The molecule has 0 saturated heterocycles. The van der Waals surface area contributed by atoms with E-state index in [0.717, 1.165) is 42.4 Å². The number of carboxylic acids is 1. The highest BCUT2D eigenvalue weighted by Crippen LogP contribution is 2.39. The number of phenolic OH excluding ortho intramolecular Hbond substituents is 2. The first-order valence-corrected chi connectivity index (χ1v) is 9.20. The van der Waals surface area contributed by atoms with Crippen LogP contribution in [0.5, 0.6) is 11.5 Å². The van der Waals surface area contributed by atoms with Crippen molar-refractivity contribution in [3.63, 3.8) is 0 Å². The van der Waals surface area contributed by atoms with Crippen molar-refractivity contribution in [3.8, 4) is 11.5 Å². The number of aryl methyl sites for hydroxylation is 1. The molecule has 2 aromatic carbocycles. The smallest absolute Gasteiger partial charge is 0.303 e. The van der Waals surface area contributed by atoms with E-state index in [2.05, 4.69) is 6.92 Å². The number of carbonyl (C=O) groups is 1. The van der Waals surface area contributed by atoms with Gasteiger partial charge in [-0.15, -0.1) is 0 Å². The van der Waals surface area contributed by atoms with Crippen molar-refractivity contribution in [2.45, 2.75) is 57.8 Å². The second-order valence-corrected chi connectivity index (χ2v) is 7.07. The molecule has 0 amide bonds. The predicted molar refractivity (Wildman–Crippen MR) is 103 cm³/mol. The van der Waals surface area contributed by atoms with Crippen LogP contribution >= 0.6 is 0 Å². The van der Waals surface area contributed by atoms with Crippen LogP contribution in [0.4, 0.5) is 0 Å². The molecule has 0 aliphatic heterocycles. The molecule has 0 heterocycles. The number of aromatic hydroxyl groups is 2. The minimum absolute atomic E-state index is 0.0451. The number of hydrogen-bond donors (Lipinski definition) is 3. The van der Waals surface area contributed by atoms with Crippen molar-refractivity contribution < 1.29 is 20.1 Å². The second-order valence-electron chi connectivity index (χ2n) is 7.07. The molecule has 1 atom stereocenters. The molecule has 0 saturated carbocycles. The molecule has 0 bridgehead atoms. The van der Waals surface area contributed by atoms with E-state index < -0.39 is 11.4 Å². The zero-order valence-corrected chi connectivity index (χ0v) is 15.5. The van der Waals surface area contributed by atoms with E-state index in [4.69, 9.17) is 0 Å². The second kappa shape index (κ2) is 8.75. The summed E-state index contributed by atoms with van der Waals surface area (Å²) < 4.78 is 0. The Balaban J connectivity index is 2.42. The first-order chi connectivity index (χ1) is 12.4. The number of hydrogen-bond acceptors (Lipinski definition) is 3. The van der Waals surface area contributed by atoms with Crippen LogP contribution in [0, 0.1) is 0 Å². The monoisotopic (exact) mass is 356 g/mol. The number of rotatable bonds is 9. The van der Waals surface area contributed by atoms with Crippen molar-refractivity contribution >= 4 is 5.97 Å². The quantitative estimate of drug-likeness (QED) is 0.552. The third-order valence-electron chi connectivity index (χ3n) is 5.11. The summed E-state index contributed by atoms with van der Waals surface area (Å²) in [5, 5.41) is 29.0. The number of unbranched alkanes of at least 4 members (excludes halogenated alkanes) is 2. The summed E-state index contributed by atoms with van der Waals surface area (Å²) in [6.07, 6.45) is 4.52. The summed E-state index contributed by atoms with van der Waals surface area (Å²) in [5.41, 5.74) is 2.31. The highest BCUT2D eigenvalue weighted by molar-refractivity contribution is 5.67. The molecule has 1 unspecified atom stereocenters. The van der Waals surface area contributed by atoms with Crippen molar-refractivity contribution in [2.75, 3.05) is 0 Å². The lowest BCUT2D eigenvalue weighted by atomic mass is 9.72. The molecule has 0 spiro atoms. The molecule has 0 aliphatic carbocycles.